The summed E-state index contributed by atoms with van der Waals surface area (Å²) < 4.78 is 6.45. The molecule has 1 saturated heterocycles. The largest absolute Gasteiger partial charge is 0.489 e. The number of hydroxylamine groups is 2. The van der Waals surface area contributed by atoms with Crippen molar-refractivity contribution in [3.05, 3.63) is 77.6 Å². The Morgan fingerprint density at radius 3 is 2.56 bits per heavy atom. The molecule has 1 aromatic heterocycles. The second-order valence-electron chi connectivity index (χ2n) is 9.47. The molecule has 1 aliphatic carbocycles. The summed E-state index contributed by atoms with van der Waals surface area (Å²) >= 11 is 0. The first kappa shape index (κ1) is 24.1. The fourth-order valence-electron chi connectivity index (χ4n) is 4.97. The van der Waals surface area contributed by atoms with Crippen LogP contribution in [0.2, 0.25) is 0 Å². The van der Waals surface area contributed by atoms with E-state index >= 15 is 0 Å². The van der Waals surface area contributed by atoms with Gasteiger partial charge in [-0.1, -0.05) is 24.3 Å². The van der Waals surface area contributed by atoms with Gasteiger partial charge in [-0.25, -0.2) is 5.06 Å². The number of aromatic nitrogens is 3. The van der Waals surface area contributed by atoms with Gasteiger partial charge in [-0.15, -0.1) is 0 Å². The summed E-state index contributed by atoms with van der Waals surface area (Å²) in [6, 6.07) is 16.1. The summed E-state index contributed by atoms with van der Waals surface area (Å²) in [6.45, 7) is 3.07. The van der Waals surface area contributed by atoms with Gasteiger partial charge in [0.2, 0.25) is 0 Å². The van der Waals surface area contributed by atoms with Gasteiger partial charge in [0.1, 0.15) is 11.9 Å². The van der Waals surface area contributed by atoms with Gasteiger partial charge >= 0.3 is 0 Å². The number of nitrogens with zero attached hydrogens (tertiary/aromatic N) is 5. The summed E-state index contributed by atoms with van der Waals surface area (Å²) in [5.41, 5.74) is 5.46. The smallest absolute Gasteiger partial charge is 0.277 e. The Bertz CT molecular complexity index is 1230. The van der Waals surface area contributed by atoms with Gasteiger partial charge in [-0.2, -0.15) is 15.0 Å². The third kappa shape index (κ3) is 4.86. The zero-order valence-electron chi connectivity index (χ0n) is 21.1. The number of rotatable bonds is 7. The summed E-state index contributed by atoms with van der Waals surface area (Å²) in [6.07, 6.45) is 8.86. The molecule has 2 aromatic carbocycles. The molecule has 5 rings (SSSR count). The zero-order valence-corrected chi connectivity index (χ0v) is 21.1. The van der Waals surface area contributed by atoms with Gasteiger partial charge in [0.15, 0.2) is 0 Å². The highest BCUT2D eigenvalue weighted by Gasteiger charge is 2.32. The van der Waals surface area contributed by atoms with Crippen molar-refractivity contribution in [3.8, 4) is 11.4 Å². The van der Waals surface area contributed by atoms with E-state index in [0.717, 1.165) is 43.5 Å². The third-order valence-corrected chi connectivity index (χ3v) is 7.16. The minimum absolute atomic E-state index is 0.0115. The predicted octanol–water partition coefficient (Wildman–Crippen LogP) is 4.73. The highest BCUT2D eigenvalue weighted by atomic mass is 16.7. The molecule has 2 heterocycles. The van der Waals surface area contributed by atoms with Crippen LogP contribution in [0.3, 0.4) is 0 Å². The Hall–Kier alpha value is -3.65. The first-order valence-electron chi connectivity index (χ1n) is 12.6. The fraction of sp³-hybridized carbons (Fsp3) is 0.393. The monoisotopic (exact) mass is 487 g/mol. The molecule has 36 heavy (non-hydrogen) atoms. The van der Waals surface area contributed by atoms with E-state index in [9.17, 15) is 4.79 Å². The lowest BCUT2D eigenvalue weighted by Gasteiger charge is -2.43. The number of allylic oxidation sites excluding steroid dienone is 1. The predicted molar refractivity (Wildman–Crippen MR) is 137 cm³/mol. The maximum Gasteiger partial charge on any atom is 0.277 e. The number of hydrogen-bond donors (Lipinski definition) is 0. The second-order valence-corrected chi connectivity index (χ2v) is 9.47. The van der Waals surface area contributed by atoms with Crippen molar-refractivity contribution in [1.82, 2.24) is 25.0 Å². The van der Waals surface area contributed by atoms with Crippen LogP contribution >= 0.6 is 0 Å². The number of amides is 1. The highest BCUT2D eigenvalue weighted by molar-refractivity contribution is 5.93. The molecule has 0 radical (unpaired) electrons. The zero-order chi connectivity index (χ0) is 25.1. The van der Waals surface area contributed by atoms with Crippen LogP contribution in [0.15, 0.2) is 66.5 Å². The molecule has 0 spiro atoms. The molecule has 0 bridgehead atoms. The van der Waals surface area contributed by atoms with Crippen molar-refractivity contribution >= 4 is 11.6 Å². The van der Waals surface area contributed by atoms with E-state index in [1.807, 2.05) is 18.2 Å². The minimum atomic E-state index is -0.206. The quantitative estimate of drug-likeness (QED) is 0.449. The van der Waals surface area contributed by atoms with E-state index in [4.69, 9.17) is 9.57 Å². The van der Waals surface area contributed by atoms with Crippen molar-refractivity contribution in [2.45, 2.75) is 51.2 Å². The molecule has 1 aliphatic heterocycles. The summed E-state index contributed by atoms with van der Waals surface area (Å²) in [4.78, 5) is 21.8. The lowest BCUT2D eigenvalue weighted by atomic mass is 9.85. The summed E-state index contributed by atoms with van der Waals surface area (Å²) in [7, 11) is 3.08. The molecule has 2 fully saturated rings. The van der Waals surface area contributed by atoms with Crippen molar-refractivity contribution in [2.75, 3.05) is 20.7 Å². The maximum absolute atomic E-state index is 12.5. The van der Waals surface area contributed by atoms with E-state index in [1.165, 1.54) is 29.9 Å². The van der Waals surface area contributed by atoms with Crippen molar-refractivity contribution in [3.63, 3.8) is 0 Å². The van der Waals surface area contributed by atoms with Crippen LogP contribution in [0.4, 0.5) is 0 Å². The van der Waals surface area contributed by atoms with Crippen LogP contribution in [0.5, 0.6) is 5.75 Å². The van der Waals surface area contributed by atoms with Crippen molar-refractivity contribution in [2.24, 2.45) is 0 Å². The van der Waals surface area contributed by atoms with Gasteiger partial charge in [-0.3, -0.25) is 9.63 Å². The number of piperidine rings is 1. The molecule has 2 atom stereocenters. The molecule has 188 valence electrons. The molecule has 8 nitrogen and oxygen atoms in total. The van der Waals surface area contributed by atoms with E-state index < -0.39 is 0 Å². The van der Waals surface area contributed by atoms with Gasteiger partial charge in [0.25, 0.3) is 5.91 Å². The standard InChI is InChI=1S/C28H33N5O3/c1-20-14-15-24(36-23-11-7-10-22(18-23)28(34)31(2)35-3)19-32(20)27(21-8-6-9-21)25-12-4-5-13-26(25)33-29-16-17-30-33/h4-5,7,10-13,16-18,20,24H,6,8-9,14-15,19H2,1-3H3/t20-,24?/m1/s1. The SMILES string of the molecule is CON(C)C(=O)c1cccc(OC2CC[C@@H](C)N(C(=C3CCC3)c3ccccc3-n3nccn3)C2)c1. The first-order chi connectivity index (χ1) is 17.5. The van der Waals surface area contributed by atoms with Crippen LogP contribution in [-0.4, -0.2) is 63.7 Å². The topological polar surface area (TPSA) is 72.7 Å². The number of likely N-dealkylation sites (tertiary alicyclic amines) is 1. The van der Waals surface area contributed by atoms with Gasteiger partial charge in [-0.05, 0) is 68.9 Å². The van der Waals surface area contributed by atoms with E-state index in [0.29, 0.717) is 17.4 Å². The van der Waals surface area contributed by atoms with Crippen LogP contribution < -0.4 is 4.74 Å². The lowest BCUT2D eigenvalue weighted by molar-refractivity contribution is -0.0757. The van der Waals surface area contributed by atoms with E-state index in [1.54, 1.807) is 36.4 Å². The molecule has 0 N–H and O–H groups in total. The third-order valence-electron chi connectivity index (χ3n) is 7.16. The van der Waals surface area contributed by atoms with Crippen molar-refractivity contribution < 1.29 is 14.4 Å². The van der Waals surface area contributed by atoms with Crippen LogP contribution in [0.25, 0.3) is 11.4 Å². The number of benzene rings is 2. The van der Waals surface area contributed by atoms with Crippen LogP contribution in [0.1, 0.15) is 54.9 Å². The Morgan fingerprint density at radius 1 is 1.06 bits per heavy atom. The molecule has 1 amide bonds. The molecule has 1 saturated carbocycles. The lowest BCUT2D eigenvalue weighted by Crippen LogP contribution is -2.45. The van der Waals surface area contributed by atoms with Crippen molar-refractivity contribution in [1.29, 1.82) is 0 Å². The molecule has 3 aromatic rings. The van der Waals surface area contributed by atoms with E-state index in [2.05, 4.69) is 40.2 Å². The molecular formula is C28H33N5O3. The van der Waals surface area contributed by atoms with Gasteiger partial charge in [0.05, 0.1) is 31.7 Å². The molecule has 8 heteroatoms. The number of hydrogen-bond acceptors (Lipinski definition) is 6. The van der Waals surface area contributed by atoms with E-state index in [-0.39, 0.29) is 12.0 Å². The van der Waals surface area contributed by atoms with Gasteiger partial charge < -0.3 is 9.64 Å². The highest BCUT2D eigenvalue weighted by Crippen LogP contribution is 2.40. The maximum atomic E-state index is 12.5. The Labute approximate surface area is 212 Å². The average molecular weight is 488 g/mol. The summed E-state index contributed by atoms with van der Waals surface area (Å²) in [5.74, 6) is 0.492. The number of para-hydroxylation sites is 1. The Kier molecular flexibility index (Phi) is 7.04. The fourth-order valence-corrected chi connectivity index (χ4v) is 4.97. The first-order valence-corrected chi connectivity index (χ1v) is 12.6. The number of carbonyl (C=O) groups is 1. The molecule has 2 aliphatic rings. The average Bonchev–Trinajstić information content (AvgIpc) is 3.42. The normalized spacial score (nSPS) is 19.5. The Balaban J connectivity index is 1.42. The van der Waals surface area contributed by atoms with Crippen LogP contribution in [0, 0.1) is 0 Å². The summed E-state index contributed by atoms with van der Waals surface area (Å²) in [5, 5.41) is 10.0. The number of ether oxygens (including phenoxy) is 1. The molecule has 1 unspecified atom stereocenters. The van der Waals surface area contributed by atoms with Crippen LogP contribution in [-0.2, 0) is 4.84 Å². The second kappa shape index (κ2) is 10.5. The molecular weight excluding hydrogens is 454 g/mol. The Morgan fingerprint density at radius 2 is 1.83 bits per heavy atom. The van der Waals surface area contributed by atoms with Gasteiger partial charge in [0, 0.05) is 29.9 Å². The number of carbonyl (C=O) groups excluding carboxylic acids is 1. The minimum Gasteiger partial charge on any atom is -0.489 e.